The van der Waals surface area contributed by atoms with Crippen molar-refractivity contribution in [2.45, 2.75) is 13.0 Å². The molecular formula is C15H19FN2O3. The summed E-state index contributed by atoms with van der Waals surface area (Å²) in [5.74, 6) is -1.03. The summed E-state index contributed by atoms with van der Waals surface area (Å²) in [5.41, 5.74) is 0.0543. The molecule has 1 aliphatic rings. The number of carbonyl (C=O) groups is 2. The lowest BCUT2D eigenvalue weighted by Crippen LogP contribution is -2.55. The number of Topliss-reactive ketones (excluding diaryl/α,β-unsaturated/α-hetero) is 1. The van der Waals surface area contributed by atoms with Crippen molar-refractivity contribution in [2.24, 2.45) is 0 Å². The Hall–Kier alpha value is -1.79. The molecule has 1 unspecified atom stereocenters. The van der Waals surface area contributed by atoms with Crippen LogP contribution < -0.4 is 5.32 Å². The third kappa shape index (κ3) is 3.86. The second kappa shape index (κ2) is 7.28. The van der Waals surface area contributed by atoms with Crippen LogP contribution in [0.4, 0.5) is 4.39 Å². The third-order valence-corrected chi connectivity index (χ3v) is 3.41. The molecule has 1 aliphatic heterocycles. The molecule has 21 heavy (non-hydrogen) atoms. The van der Waals surface area contributed by atoms with Gasteiger partial charge in [-0.1, -0.05) is 12.1 Å². The predicted octanol–water partition coefficient (Wildman–Crippen LogP) is 0.845. The van der Waals surface area contributed by atoms with E-state index in [2.05, 4.69) is 5.32 Å². The van der Waals surface area contributed by atoms with Crippen molar-refractivity contribution in [1.29, 1.82) is 0 Å². The van der Waals surface area contributed by atoms with E-state index in [-0.39, 0.29) is 30.4 Å². The molecule has 1 heterocycles. The number of ether oxygens (including phenoxy) is 1. The molecule has 1 aromatic carbocycles. The normalized spacial score (nSPS) is 19.2. The van der Waals surface area contributed by atoms with Crippen LogP contribution >= 0.6 is 0 Å². The summed E-state index contributed by atoms with van der Waals surface area (Å²) in [5, 5.41) is 2.72. The van der Waals surface area contributed by atoms with Crippen molar-refractivity contribution in [2.75, 3.05) is 32.8 Å². The topological polar surface area (TPSA) is 58.6 Å². The van der Waals surface area contributed by atoms with Gasteiger partial charge in [0.05, 0.1) is 25.3 Å². The second-order valence-electron chi connectivity index (χ2n) is 4.86. The number of benzene rings is 1. The van der Waals surface area contributed by atoms with E-state index in [0.717, 1.165) is 0 Å². The van der Waals surface area contributed by atoms with Crippen molar-refractivity contribution in [3.8, 4) is 0 Å². The molecule has 0 bridgehead atoms. The van der Waals surface area contributed by atoms with Gasteiger partial charge in [0.2, 0.25) is 5.91 Å². The summed E-state index contributed by atoms with van der Waals surface area (Å²) in [6.07, 6.45) is 0. The van der Waals surface area contributed by atoms with Crippen molar-refractivity contribution in [3.05, 3.63) is 35.6 Å². The molecule has 1 N–H and O–H groups in total. The van der Waals surface area contributed by atoms with Crippen LogP contribution in [0.3, 0.4) is 0 Å². The molecular weight excluding hydrogens is 275 g/mol. The van der Waals surface area contributed by atoms with E-state index in [1.54, 1.807) is 17.0 Å². The van der Waals surface area contributed by atoms with E-state index in [1.807, 2.05) is 6.92 Å². The number of hydrogen-bond donors (Lipinski definition) is 1. The average Bonchev–Trinajstić information content (AvgIpc) is 2.48. The Morgan fingerprint density at radius 2 is 2.19 bits per heavy atom. The fourth-order valence-electron chi connectivity index (χ4n) is 2.32. The summed E-state index contributed by atoms with van der Waals surface area (Å²) in [4.78, 5) is 25.9. The highest BCUT2D eigenvalue weighted by Crippen LogP contribution is 2.12. The number of morpholine rings is 1. The first-order valence-electron chi connectivity index (χ1n) is 7.00. The van der Waals surface area contributed by atoms with Gasteiger partial charge in [0.25, 0.3) is 0 Å². The van der Waals surface area contributed by atoms with Crippen molar-refractivity contribution in [3.63, 3.8) is 0 Å². The van der Waals surface area contributed by atoms with Crippen LogP contribution in [0.1, 0.15) is 17.3 Å². The van der Waals surface area contributed by atoms with Gasteiger partial charge in [-0.2, -0.15) is 0 Å². The zero-order chi connectivity index (χ0) is 15.2. The molecule has 1 saturated heterocycles. The lowest BCUT2D eigenvalue weighted by Gasteiger charge is -2.33. The number of hydrogen-bond acceptors (Lipinski definition) is 4. The number of rotatable bonds is 5. The summed E-state index contributed by atoms with van der Waals surface area (Å²) in [6.45, 7) is 3.53. The molecule has 1 amide bonds. The first kappa shape index (κ1) is 15.6. The molecule has 0 spiro atoms. The highest BCUT2D eigenvalue weighted by atomic mass is 19.1. The van der Waals surface area contributed by atoms with Crippen molar-refractivity contribution in [1.82, 2.24) is 10.2 Å². The number of nitrogens with one attached hydrogen (secondary N) is 1. The minimum atomic E-state index is -0.537. The second-order valence-corrected chi connectivity index (χ2v) is 4.86. The van der Waals surface area contributed by atoms with Gasteiger partial charge in [0.15, 0.2) is 5.78 Å². The maximum atomic E-state index is 13.6. The summed E-state index contributed by atoms with van der Waals surface area (Å²) in [6, 6.07) is 5.37. The number of nitrogens with zero attached hydrogens (tertiary/aromatic N) is 1. The van der Waals surface area contributed by atoms with Gasteiger partial charge in [-0.3, -0.25) is 14.5 Å². The lowest BCUT2D eigenvalue weighted by atomic mass is 10.1. The van der Waals surface area contributed by atoms with Gasteiger partial charge in [0.1, 0.15) is 11.9 Å². The zero-order valence-electron chi connectivity index (χ0n) is 12.0. The van der Waals surface area contributed by atoms with Gasteiger partial charge in [-0.15, -0.1) is 0 Å². The number of amides is 1. The Morgan fingerprint density at radius 1 is 1.43 bits per heavy atom. The lowest BCUT2D eigenvalue weighted by molar-refractivity contribution is -0.131. The monoisotopic (exact) mass is 294 g/mol. The van der Waals surface area contributed by atoms with Crippen LogP contribution in [-0.4, -0.2) is 55.5 Å². The Kier molecular flexibility index (Phi) is 5.41. The number of halogens is 1. The quantitative estimate of drug-likeness (QED) is 0.818. The predicted molar refractivity (Wildman–Crippen MR) is 75.6 cm³/mol. The third-order valence-electron chi connectivity index (χ3n) is 3.41. The van der Waals surface area contributed by atoms with Crippen LogP contribution in [-0.2, 0) is 9.53 Å². The fraction of sp³-hybridized carbons (Fsp3) is 0.467. The van der Waals surface area contributed by atoms with Gasteiger partial charge in [-0.25, -0.2) is 4.39 Å². The van der Waals surface area contributed by atoms with Gasteiger partial charge in [-0.05, 0) is 19.1 Å². The molecule has 1 fully saturated rings. The Labute approximate surface area is 123 Å². The first-order chi connectivity index (χ1) is 10.1. The standard InChI is InChI=1S/C15H19FN2O3/c1-2-17-15(20)13-10-21-8-7-18(13)9-14(19)11-5-3-4-6-12(11)16/h3-6,13H,2,7-10H2,1H3,(H,17,20). The Balaban J connectivity index is 2.07. The largest absolute Gasteiger partial charge is 0.378 e. The number of carbonyl (C=O) groups excluding carboxylic acids is 2. The molecule has 1 atom stereocenters. The van der Waals surface area contributed by atoms with E-state index in [4.69, 9.17) is 4.74 Å². The van der Waals surface area contributed by atoms with E-state index in [1.165, 1.54) is 12.1 Å². The molecule has 0 aliphatic carbocycles. The van der Waals surface area contributed by atoms with Crippen LogP contribution in [0.15, 0.2) is 24.3 Å². The minimum absolute atomic E-state index is 0.00605. The summed E-state index contributed by atoms with van der Waals surface area (Å²) < 4.78 is 18.9. The van der Waals surface area contributed by atoms with E-state index >= 15 is 0 Å². The SMILES string of the molecule is CCNC(=O)C1COCCN1CC(=O)c1ccccc1F. The highest BCUT2D eigenvalue weighted by Gasteiger charge is 2.30. The van der Waals surface area contributed by atoms with Crippen LogP contribution in [0, 0.1) is 5.82 Å². The summed E-state index contributed by atoms with van der Waals surface area (Å²) in [7, 11) is 0. The van der Waals surface area contributed by atoms with Gasteiger partial charge >= 0.3 is 0 Å². The maximum Gasteiger partial charge on any atom is 0.239 e. The minimum Gasteiger partial charge on any atom is -0.378 e. The van der Waals surface area contributed by atoms with Crippen LogP contribution in [0.25, 0.3) is 0 Å². The number of ketones is 1. The van der Waals surface area contributed by atoms with E-state index < -0.39 is 11.9 Å². The molecule has 0 aromatic heterocycles. The summed E-state index contributed by atoms with van der Waals surface area (Å²) >= 11 is 0. The average molecular weight is 294 g/mol. The molecule has 114 valence electrons. The molecule has 6 heteroatoms. The zero-order valence-corrected chi connectivity index (χ0v) is 12.0. The molecule has 1 aromatic rings. The van der Waals surface area contributed by atoms with E-state index in [9.17, 15) is 14.0 Å². The maximum absolute atomic E-state index is 13.6. The molecule has 2 rings (SSSR count). The first-order valence-corrected chi connectivity index (χ1v) is 7.00. The number of likely N-dealkylation sites (N-methyl/N-ethyl adjacent to an activating group) is 1. The smallest absolute Gasteiger partial charge is 0.239 e. The van der Waals surface area contributed by atoms with Crippen molar-refractivity contribution < 1.29 is 18.7 Å². The van der Waals surface area contributed by atoms with Crippen molar-refractivity contribution >= 4 is 11.7 Å². The van der Waals surface area contributed by atoms with Gasteiger partial charge in [0, 0.05) is 13.1 Å². The molecule has 0 radical (unpaired) electrons. The highest BCUT2D eigenvalue weighted by molar-refractivity contribution is 5.98. The van der Waals surface area contributed by atoms with Crippen LogP contribution in [0.2, 0.25) is 0 Å². The van der Waals surface area contributed by atoms with Crippen LogP contribution in [0.5, 0.6) is 0 Å². The van der Waals surface area contributed by atoms with E-state index in [0.29, 0.717) is 19.7 Å². The van der Waals surface area contributed by atoms with Gasteiger partial charge < -0.3 is 10.1 Å². The Bertz CT molecular complexity index is 521. The Morgan fingerprint density at radius 3 is 2.90 bits per heavy atom. The fourth-order valence-corrected chi connectivity index (χ4v) is 2.32. The molecule has 0 saturated carbocycles. The molecule has 5 nitrogen and oxygen atoms in total.